The Morgan fingerprint density at radius 2 is 1.79 bits per heavy atom. The summed E-state index contributed by atoms with van der Waals surface area (Å²) in [7, 11) is -3.45. The number of aliphatic imine (C=N–C) groups is 1. The third-order valence-corrected chi connectivity index (χ3v) is 2.74. The molecule has 6 nitrogen and oxygen atoms in total. The number of isocyanates is 1. The van der Waals surface area contributed by atoms with Crippen molar-refractivity contribution >= 4 is 13.9 Å². The van der Waals surface area contributed by atoms with Gasteiger partial charge in [0.2, 0.25) is 6.08 Å². The Morgan fingerprint density at radius 3 is 2.21 bits per heavy atom. The maximum atomic E-state index is 11.6. The third kappa shape index (κ3) is 6.02. The first-order valence-electron chi connectivity index (χ1n) is 4.25. The molecule has 0 amide bonds. The van der Waals surface area contributed by atoms with Crippen LogP contribution in [-0.4, -0.2) is 32.4 Å². The molecule has 0 atom stereocenters. The van der Waals surface area contributed by atoms with Crippen LogP contribution in [0.15, 0.2) is 4.99 Å². The lowest BCUT2D eigenvalue weighted by Crippen LogP contribution is -2.03. The zero-order chi connectivity index (χ0) is 10.9. The Balaban J connectivity index is 3.95. The minimum absolute atomic E-state index is 0.00647. The van der Waals surface area contributed by atoms with Crippen molar-refractivity contribution in [3.8, 4) is 0 Å². The molecule has 0 aliphatic rings. The van der Waals surface area contributed by atoms with E-state index in [9.17, 15) is 9.36 Å². The van der Waals surface area contributed by atoms with Crippen LogP contribution in [0.3, 0.4) is 0 Å². The summed E-state index contributed by atoms with van der Waals surface area (Å²) in [6, 6.07) is 0. The van der Waals surface area contributed by atoms with Crippen molar-refractivity contribution in [2.75, 3.05) is 26.4 Å². The highest BCUT2D eigenvalue weighted by atomic mass is 31.2. The van der Waals surface area contributed by atoms with Gasteiger partial charge in [-0.15, -0.1) is 0 Å². The van der Waals surface area contributed by atoms with Crippen molar-refractivity contribution in [2.45, 2.75) is 13.8 Å². The van der Waals surface area contributed by atoms with Crippen LogP contribution in [0, 0.1) is 0 Å². The van der Waals surface area contributed by atoms with Crippen molar-refractivity contribution in [3.63, 3.8) is 0 Å². The summed E-state index contributed by atoms with van der Waals surface area (Å²) in [4.78, 5) is 12.9. The molecule has 0 saturated heterocycles. The average Bonchev–Trinajstić information content (AvgIpc) is 2.13. The van der Waals surface area contributed by atoms with Gasteiger partial charge in [-0.25, -0.2) is 14.4 Å². The Labute approximate surface area is 82.9 Å². The van der Waals surface area contributed by atoms with Crippen molar-refractivity contribution in [2.24, 2.45) is 4.99 Å². The van der Waals surface area contributed by atoms with Crippen LogP contribution in [0.4, 0.5) is 0 Å². The maximum absolute atomic E-state index is 11.6. The molecule has 0 rings (SSSR count). The fourth-order valence-electron chi connectivity index (χ4n) is 0.672. The van der Waals surface area contributed by atoms with Gasteiger partial charge in [0.1, 0.15) is 0 Å². The van der Waals surface area contributed by atoms with E-state index in [2.05, 4.69) is 4.99 Å². The van der Waals surface area contributed by atoms with Crippen LogP contribution < -0.4 is 0 Å². The van der Waals surface area contributed by atoms with Crippen molar-refractivity contribution < 1.29 is 22.9 Å². The highest BCUT2D eigenvalue weighted by Gasteiger charge is 2.24. The summed E-state index contributed by atoms with van der Waals surface area (Å²) in [5.74, 6) is 0. The largest absolute Gasteiger partial charge is 0.474 e. The molecule has 0 fully saturated rings. The first-order chi connectivity index (χ1) is 6.68. The molecule has 0 heterocycles. The van der Waals surface area contributed by atoms with Gasteiger partial charge in [0.25, 0.3) is 0 Å². The highest BCUT2D eigenvalue weighted by Crippen LogP contribution is 2.48. The lowest BCUT2D eigenvalue weighted by molar-refractivity contribution is 0.124. The SMILES string of the molecule is CCOP(=O)(OCC)OCCN=C=O. The predicted molar refractivity (Wildman–Crippen MR) is 49.8 cm³/mol. The molecule has 0 N–H and O–H groups in total. The number of nitrogens with zero attached hydrogens (tertiary/aromatic N) is 1. The minimum atomic E-state index is -3.45. The summed E-state index contributed by atoms with van der Waals surface area (Å²) in [6.45, 7) is 3.92. The third-order valence-electron chi connectivity index (χ3n) is 1.09. The van der Waals surface area contributed by atoms with E-state index >= 15 is 0 Å². The molecule has 82 valence electrons. The summed E-state index contributed by atoms with van der Waals surface area (Å²) >= 11 is 0. The van der Waals surface area contributed by atoms with E-state index in [1.165, 1.54) is 6.08 Å². The number of phosphoric ester groups is 1. The van der Waals surface area contributed by atoms with Crippen LogP contribution >= 0.6 is 7.82 Å². The van der Waals surface area contributed by atoms with Crippen molar-refractivity contribution in [1.82, 2.24) is 0 Å². The van der Waals surface area contributed by atoms with Crippen LogP contribution in [0.5, 0.6) is 0 Å². The second-order valence-corrected chi connectivity index (χ2v) is 3.76. The van der Waals surface area contributed by atoms with E-state index in [1.807, 2.05) is 0 Å². The molecule has 0 aromatic heterocycles. The Hall–Kier alpha value is -0.510. The van der Waals surface area contributed by atoms with Crippen LogP contribution in [-0.2, 0) is 22.9 Å². The van der Waals surface area contributed by atoms with E-state index in [0.717, 1.165) is 0 Å². The summed E-state index contributed by atoms with van der Waals surface area (Å²) in [6.07, 6.45) is 1.34. The van der Waals surface area contributed by atoms with Crippen LogP contribution in [0.25, 0.3) is 0 Å². The molecule has 0 aromatic rings. The monoisotopic (exact) mass is 223 g/mol. The van der Waals surface area contributed by atoms with Gasteiger partial charge >= 0.3 is 7.82 Å². The van der Waals surface area contributed by atoms with Gasteiger partial charge in [-0.3, -0.25) is 13.6 Å². The number of phosphoric acid groups is 1. The van der Waals surface area contributed by atoms with Crippen LogP contribution in [0.1, 0.15) is 13.8 Å². The fraction of sp³-hybridized carbons (Fsp3) is 0.857. The summed E-state index contributed by atoms with van der Waals surface area (Å²) in [5, 5.41) is 0. The smallest absolute Gasteiger partial charge is 0.287 e. The van der Waals surface area contributed by atoms with Gasteiger partial charge in [0, 0.05) is 0 Å². The van der Waals surface area contributed by atoms with Gasteiger partial charge in [-0.2, -0.15) is 0 Å². The second kappa shape index (κ2) is 7.85. The molecule has 0 aliphatic heterocycles. The minimum Gasteiger partial charge on any atom is -0.287 e. The first kappa shape index (κ1) is 13.5. The first-order valence-corrected chi connectivity index (χ1v) is 5.72. The number of hydrogen-bond acceptors (Lipinski definition) is 6. The topological polar surface area (TPSA) is 74.2 Å². The molecular formula is C7H14NO5P. The van der Waals surface area contributed by atoms with E-state index in [-0.39, 0.29) is 26.4 Å². The van der Waals surface area contributed by atoms with Gasteiger partial charge in [-0.1, -0.05) is 0 Å². The quantitative estimate of drug-likeness (QED) is 0.270. The normalized spacial score (nSPS) is 11.0. The number of rotatable bonds is 8. The fourth-order valence-corrected chi connectivity index (χ4v) is 1.83. The van der Waals surface area contributed by atoms with Crippen molar-refractivity contribution in [3.05, 3.63) is 0 Å². The lowest BCUT2D eigenvalue weighted by atomic mass is 10.7. The predicted octanol–water partition coefficient (Wildman–Crippen LogP) is 1.52. The average molecular weight is 223 g/mol. The molecule has 0 saturated carbocycles. The van der Waals surface area contributed by atoms with Crippen molar-refractivity contribution in [1.29, 1.82) is 0 Å². The van der Waals surface area contributed by atoms with Gasteiger partial charge in [-0.05, 0) is 13.8 Å². The molecule has 0 unspecified atom stereocenters. The molecule has 14 heavy (non-hydrogen) atoms. The number of hydrogen-bond donors (Lipinski definition) is 0. The summed E-state index contributed by atoms with van der Waals surface area (Å²) in [5.41, 5.74) is 0. The standard InChI is InChI=1S/C7H14NO5P/c1-3-11-14(10,12-4-2)13-6-5-8-7-9/h3-6H2,1-2H3. The Bertz CT molecular complexity index is 228. The molecule has 0 aliphatic carbocycles. The molecule has 0 radical (unpaired) electrons. The molecular weight excluding hydrogens is 209 g/mol. The lowest BCUT2D eigenvalue weighted by Gasteiger charge is -2.15. The van der Waals surface area contributed by atoms with Gasteiger partial charge < -0.3 is 0 Å². The van der Waals surface area contributed by atoms with Gasteiger partial charge in [0.05, 0.1) is 26.4 Å². The Kier molecular flexibility index (Phi) is 7.57. The van der Waals surface area contributed by atoms with Crippen LogP contribution in [0.2, 0.25) is 0 Å². The molecule has 0 bridgehead atoms. The molecule has 0 aromatic carbocycles. The summed E-state index contributed by atoms with van der Waals surface area (Å²) < 4.78 is 26.1. The number of carbonyl (C=O) groups excluding carboxylic acids is 1. The highest BCUT2D eigenvalue weighted by molar-refractivity contribution is 7.48. The molecule has 7 heteroatoms. The Morgan fingerprint density at radius 1 is 1.21 bits per heavy atom. The van der Waals surface area contributed by atoms with Gasteiger partial charge in [0.15, 0.2) is 0 Å². The second-order valence-electron chi connectivity index (χ2n) is 2.09. The van der Waals surface area contributed by atoms with E-state index in [1.54, 1.807) is 13.8 Å². The van der Waals surface area contributed by atoms with E-state index in [0.29, 0.717) is 0 Å². The van der Waals surface area contributed by atoms with E-state index in [4.69, 9.17) is 13.6 Å². The zero-order valence-corrected chi connectivity index (χ0v) is 9.16. The maximum Gasteiger partial charge on any atom is 0.474 e. The zero-order valence-electron chi connectivity index (χ0n) is 8.26. The molecule has 0 spiro atoms. The van der Waals surface area contributed by atoms with E-state index < -0.39 is 7.82 Å².